The molecule has 1 aromatic heterocycles. The minimum atomic E-state index is -0.175. The van der Waals surface area contributed by atoms with E-state index < -0.39 is 0 Å². The Hall–Kier alpha value is -2.83. The third-order valence-corrected chi connectivity index (χ3v) is 6.58. The van der Waals surface area contributed by atoms with Gasteiger partial charge in [0.25, 0.3) is 5.91 Å². The molecule has 2 aromatic carbocycles. The topological polar surface area (TPSA) is 59.9 Å². The van der Waals surface area contributed by atoms with Crippen molar-refractivity contribution in [2.45, 2.75) is 32.3 Å². The summed E-state index contributed by atoms with van der Waals surface area (Å²) in [6.45, 7) is 0.405. The zero-order chi connectivity index (χ0) is 21.6. The van der Waals surface area contributed by atoms with Crippen LogP contribution in [0.3, 0.4) is 0 Å². The van der Waals surface area contributed by atoms with Crippen LogP contribution >= 0.6 is 22.9 Å². The Morgan fingerprint density at radius 3 is 2.71 bits per heavy atom. The fourth-order valence-electron chi connectivity index (χ4n) is 3.45. The predicted molar refractivity (Wildman–Crippen MR) is 125 cm³/mol. The molecule has 1 aliphatic rings. The van der Waals surface area contributed by atoms with Gasteiger partial charge in [0.2, 0.25) is 0 Å². The van der Waals surface area contributed by atoms with E-state index in [1.165, 1.54) is 23.3 Å². The zero-order valence-corrected chi connectivity index (χ0v) is 18.8. The highest BCUT2D eigenvalue weighted by atomic mass is 35.5. The molecule has 1 amide bonds. The van der Waals surface area contributed by atoms with Crippen molar-refractivity contribution < 1.29 is 14.3 Å². The summed E-state index contributed by atoms with van der Waals surface area (Å²) in [5.41, 5.74) is 5.73. The Balaban J connectivity index is 1.36. The Morgan fingerprint density at radius 1 is 1.13 bits per heavy atom. The molecule has 1 heterocycles. The Labute approximate surface area is 190 Å². The van der Waals surface area contributed by atoms with E-state index in [0.29, 0.717) is 28.0 Å². The van der Waals surface area contributed by atoms with Gasteiger partial charge in [-0.1, -0.05) is 23.7 Å². The van der Waals surface area contributed by atoms with Crippen LogP contribution in [0, 0.1) is 0 Å². The van der Waals surface area contributed by atoms with Crippen LogP contribution in [0.5, 0.6) is 11.5 Å². The van der Waals surface area contributed by atoms with Crippen molar-refractivity contribution in [3.63, 3.8) is 0 Å². The van der Waals surface area contributed by atoms with Crippen molar-refractivity contribution in [2.75, 3.05) is 7.11 Å². The lowest BCUT2D eigenvalue weighted by Gasteiger charge is -2.11. The molecule has 0 saturated carbocycles. The van der Waals surface area contributed by atoms with Gasteiger partial charge >= 0.3 is 0 Å². The monoisotopic (exact) mass is 454 g/mol. The number of rotatable bonds is 7. The van der Waals surface area contributed by atoms with Crippen molar-refractivity contribution in [2.24, 2.45) is 5.10 Å². The van der Waals surface area contributed by atoms with E-state index in [2.05, 4.69) is 10.5 Å². The highest BCUT2D eigenvalue weighted by Crippen LogP contribution is 2.30. The second-order valence-corrected chi connectivity index (χ2v) is 8.86. The van der Waals surface area contributed by atoms with Crippen molar-refractivity contribution in [1.29, 1.82) is 0 Å². The highest BCUT2D eigenvalue weighted by molar-refractivity contribution is 7.14. The van der Waals surface area contributed by atoms with Gasteiger partial charge in [-0.3, -0.25) is 4.79 Å². The second kappa shape index (κ2) is 9.98. The maximum Gasteiger partial charge on any atom is 0.281 e. The smallest absolute Gasteiger partial charge is 0.281 e. The number of thiophene rings is 1. The summed E-state index contributed by atoms with van der Waals surface area (Å²) in [5.74, 6) is 1.04. The molecule has 0 spiro atoms. The Morgan fingerprint density at radius 2 is 1.94 bits per heavy atom. The van der Waals surface area contributed by atoms with Gasteiger partial charge in [0, 0.05) is 9.90 Å². The van der Waals surface area contributed by atoms with Gasteiger partial charge in [-0.15, -0.1) is 11.3 Å². The van der Waals surface area contributed by atoms with E-state index in [4.69, 9.17) is 21.1 Å². The number of fused-ring (bicyclic) bond motifs is 1. The molecule has 0 atom stereocenters. The summed E-state index contributed by atoms with van der Waals surface area (Å²) >= 11 is 7.49. The van der Waals surface area contributed by atoms with Crippen LogP contribution in [0.4, 0.5) is 0 Å². The number of nitrogens with one attached hydrogen (secondary N) is 1. The maximum absolute atomic E-state index is 12.4. The van der Waals surface area contributed by atoms with E-state index >= 15 is 0 Å². The third-order valence-electron chi connectivity index (χ3n) is 5.10. The third kappa shape index (κ3) is 5.46. The average Bonchev–Trinajstić information content (AvgIpc) is 3.23. The van der Waals surface area contributed by atoms with Crippen LogP contribution < -0.4 is 14.9 Å². The summed E-state index contributed by atoms with van der Waals surface area (Å²) in [6, 6.07) is 15.0. The van der Waals surface area contributed by atoms with Gasteiger partial charge in [-0.05, 0) is 78.8 Å². The summed E-state index contributed by atoms with van der Waals surface area (Å²) in [5, 5.41) is 4.79. The summed E-state index contributed by atoms with van der Waals surface area (Å²) in [7, 11) is 1.59. The molecule has 160 valence electrons. The number of hydrogen-bond acceptors (Lipinski definition) is 5. The molecule has 0 aliphatic heterocycles. The molecule has 5 nitrogen and oxygen atoms in total. The fourth-order valence-corrected chi connectivity index (χ4v) is 4.72. The van der Waals surface area contributed by atoms with E-state index in [1.54, 1.807) is 24.7 Å². The molecule has 0 radical (unpaired) electrons. The number of carbonyl (C=O) groups is 1. The second-order valence-electron chi connectivity index (χ2n) is 7.29. The maximum atomic E-state index is 12.4. The van der Waals surface area contributed by atoms with Crippen LogP contribution in [0.2, 0.25) is 5.02 Å². The minimum Gasteiger partial charge on any atom is -0.493 e. The normalized spacial score (nSPS) is 13.1. The first-order valence-corrected chi connectivity index (χ1v) is 11.3. The lowest BCUT2D eigenvalue weighted by Crippen LogP contribution is -2.16. The molecule has 0 unspecified atom stereocenters. The van der Waals surface area contributed by atoms with E-state index in [1.807, 2.05) is 48.5 Å². The SMILES string of the molecule is COc1cc(/C=N\NC(=O)c2cc3c(s2)CCCC3)ccc1OCc1ccc(Cl)cc1. The van der Waals surface area contributed by atoms with Crippen LogP contribution in [0.15, 0.2) is 53.6 Å². The molecule has 1 aliphatic carbocycles. The van der Waals surface area contributed by atoms with Gasteiger partial charge in [0.15, 0.2) is 11.5 Å². The molecule has 1 N–H and O–H groups in total. The molecule has 0 bridgehead atoms. The summed E-state index contributed by atoms with van der Waals surface area (Å²) < 4.78 is 11.3. The largest absolute Gasteiger partial charge is 0.493 e. The first-order chi connectivity index (χ1) is 15.1. The van der Waals surface area contributed by atoms with E-state index in [-0.39, 0.29) is 5.91 Å². The molecule has 4 rings (SSSR count). The molecular weight excluding hydrogens is 432 g/mol. The van der Waals surface area contributed by atoms with Crippen molar-refractivity contribution in [3.8, 4) is 11.5 Å². The van der Waals surface area contributed by atoms with Crippen molar-refractivity contribution in [1.82, 2.24) is 5.43 Å². The van der Waals surface area contributed by atoms with Crippen LogP contribution in [0.1, 0.15) is 44.1 Å². The number of ether oxygens (including phenoxy) is 2. The number of hydrogen-bond donors (Lipinski definition) is 1. The first kappa shape index (κ1) is 21.4. The highest BCUT2D eigenvalue weighted by Gasteiger charge is 2.16. The van der Waals surface area contributed by atoms with E-state index in [0.717, 1.165) is 24.0 Å². The number of carbonyl (C=O) groups excluding carboxylic acids is 1. The van der Waals surface area contributed by atoms with Crippen LogP contribution in [-0.2, 0) is 19.4 Å². The number of halogens is 1. The lowest BCUT2D eigenvalue weighted by atomic mass is 9.99. The molecule has 0 fully saturated rings. The molecular formula is C24H23ClN2O3S. The van der Waals surface area contributed by atoms with Gasteiger partial charge in [-0.2, -0.15) is 5.10 Å². The Bertz CT molecular complexity index is 1070. The number of aryl methyl sites for hydroxylation is 2. The van der Waals surface area contributed by atoms with Gasteiger partial charge in [-0.25, -0.2) is 5.43 Å². The number of amides is 1. The molecule has 31 heavy (non-hydrogen) atoms. The van der Waals surface area contributed by atoms with Crippen molar-refractivity contribution in [3.05, 3.63) is 80.0 Å². The first-order valence-electron chi connectivity index (χ1n) is 10.1. The number of benzene rings is 2. The lowest BCUT2D eigenvalue weighted by molar-refractivity contribution is 0.0959. The average molecular weight is 455 g/mol. The van der Waals surface area contributed by atoms with Gasteiger partial charge in [0.1, 0.15) is 6.61 Å². The zero-order valence-electron chi connectivity index (χ0n) is 17.2. The quantitative estimate of drug-likeness (QED) is 0.371. The van der Waals surface area contributed by atoms with Crippen LogP contribution in [0.25, 0.3) is 0 Å². The van der Waals surface area contributed by atoms with Gasteiger partial charge < -0.3 is 9.47 Å². The molecule has 7 heteroatoms. The number of nitrogens with zero attached hydrogens (tertiary/aromatic N) is 1. The van der Waals surface area contributed by atoms with Crippen LogP contribution in [-0.4, -0.2) is 19.2 Å². The minimum absolute atomic E-state index is 0.175. The molecule has 3 aromatic rings. The predicted octanol–water partition coefficient (Wildman–Crippen LogP) is 5.63. The number of hydrazone groups is 1. The standard InChI is InChI=1S/C24H23ClN2O3S/c1-29-21-12-17(8-11-20(21)30-15-16-6-9-19(25)10-7-16)14-26-27-24(28)23-13-18-4-2-3-5-22(18)31-23/h6-14H,2-5,15H2,1H3,(H,27,28)/b26-14-. The Kier molecular flexibility index (Phi) is 6.89. The summed E-state index contributed by atoms with van der Waals surface area (Å²) in [4.78, 5) is 14.5. The number of methoxy groups -OCH3 is 1. The molecule has 0 saturated heterocycles. The fraction of sp³-hybridized carbons (Fsp3) is 0.250. The summed E-state index contributed by atoms with van der Waals surface area (Å²) in [6.07, 6.45) is 6.13. The van der Waals surface area contributed by atoms with Gasteiger partial charge in [0.05, 0.1) is 18.2 Å². The van der Waals surface area contributed by atoms with E-state index in [9.17, 15) is 4.79 Å². The van der Waals surface area contributed by atoms with Crippen molar-refractivity contribution >= 4 is 35.1 Å².